The highest BCUT2D eigenvalue weighted by Gasteiger charge is 2.34. The van der Waals surface area contributed by atoms with Crippen molar-refractivity contribution in [1.29, 1.82) is 0 Å². The molecule has 8 heteroatoms. The molecular formula is C29H28ClN3O4. The number of hydrogen-bond donors (Lipinski definition) is 2. The molecular weight excluding hydrogens is 490 g/mol. The Morgan fingerprint density at radius 3 is 2.54 bits per heavy atom. The lowest BCUT2D eigenvalue weighted by molar-refractivity contribution is 0.0880. The Balaban J connectivity index is 1.37. The van der Waals surface area contributed by atoms with Crippen molar-refractivity contribution in [1.82, 2.24) is 14.8 Å². The van der Waals surface area contributed by atoms with Gasteiger partial charge in [0.25, 0.3) is 11.8 Å². The first kappa shape index (κ1) is 24.0. The maximum atomic E-state index is 13.0. The number of ether oxygens (including phenoxy) is 1. The van der Waals surface area contributed by atoms with Crippen LogP contribution in [0.2, 0.25) is 5.02 Å². The van der Waals surface area contributed by atoms with Crippen LogP contribution in [0.5, 0.6) is 5.75 Å². The number of hydrogen-bond acceptors (Lipinski definition) is 5. The van der Waals surface area contributed by atoms with E-state index in [-0.39, 0.29) is 0 Å². The second-order valence-corrected chi connectivity index (χ2v) is 10.3. The van der Waals surface area contributed by atoms with Crippen LogP contribution in [0.25, 0.3) is 32.9 Å². The van der Waals surface area contributed by atoms with Gasteiger partial charge in [-0.3, -0.25) is 14.9 Å². The lowest BCUT2D eigenvalue weighted by Crippen LogP contribution is -2.30. The molecule has 0 spiro atoms. The number of imide groups is 1. The zero-order valence-corrected chi connectivity index (χ0v) is 21.3. The second-order valence-electron chi connectivity index (χ2n) is 9.87. The van der Waals surface area contributed by atoms with E-state index in [9.17, 15) is 14.7 Å². The number of aliphatic hydroxyl groups excluding tert-OH is 1. The Hall–Kier alpha value is -3.39. The zero-order valence-electron chi connectivity index (χ0n) is 20.6. The highest BCUT2D eigenvalue weighted by atomic mass is 35.5. The SMILES string of the molecule is Cn1c2cc(OCCC(O)CN3CCCC3)ccc2c2c3c(c(-c4ccccc4Cl)cc21)C(=O)NC3=O. The van der Waals surface area contributed by atoms with E-state index in [0.717, 1.165) is 34.9 Å². The molecule has 190 valence electrons. The number of β-amino-alcohol motifs (C(OH)–C–C–N with tert-alkyl or cyclic N) is 1. The Labute approximate surface area is 219 Å². The van der Waals surface area contributed by atoms with Crippen molar-refractivity contribution >= 4 is 45.2 Å². The van der Waals surface area contributed by atoms with Gasteiger partial charge in [-0.1, -0.05) is 29.8 Å². The number of amides is 2. The number of nitrogens with zero attached hydrogens (tertiary/aromatic N) is 2. The molecule has 2 aliphatic heterocycles. The summed E-state index contributed by atoms with van der Waals surface area (Å²) < 4.78 is 8.01. The molecule has 1 fully saturated rings. The minimum atomic E-state index is -0.415. The second kappa shape index (κ2) is 9.49. The van der Waals surface area contributed by atoms with Gasteiger partial charge in [0.2, 0.25) is 0 Å². The van der Waals surface area contributed by atoms with E-state index in [1.165, 1.54) is 12.8 Å². The number of benzene rings is 3. The number of carbonyl (C=O) groups is 2. The summed E-state index contributed by atoms with van der Waals surface area (Å²) in [5, 5.41) is 15.0. The van der Waals surface area contributed by atoms with Gasteiger partial charge < -0.3 is 19.3 Å². The first-order valence-electron chi connectivity index (χ1n) is 12.7. The normalized spacial score (nSPS) is 16.5. The zero-order chi connectivity index (χ0) is 25.7. The molecule has 6 rings (SSSR count). The van der Waals surface area contributed by atoms with Crippen molar-refractivity contribution in [2.75, 3.05) is 26.2 Å². The first-order chi connectivity index (χ1) is 17.9. The van der Waals surface area contributed by atoms with E-state index in [1.54, 1.807) is 6.07 Å². The maximum absolute atomic E-state index is 13.0. The van der Waals surface area contributed by atoms with Crippen molar-refractivity contribution in [3.63, 3.8) is 0 Å². The molecule has 2 aliphatic rings. The third-order valence-corrected chi connectivity index (χ3v) is 7.83. The molecule has 0 saturated carbocycles. The molecule has 2 N–H and O–H groups in total. The van der Waals surface area contributed by atoms with Crippen LogP contribution in [0.4, 0.5) is 0 Å². The molecule has 1 atom stereocenters. The summed E-state index contributed by atoms with van der Waals surface area (Å²) in [6.07, 6.45) is 2.54. The van der Waals surface area contributed by atoms with Gasteiger partial charge >= 0.3 is 0 Å². The summed E-state index contributed by atoms with van der Waals surface area (Å²) in [5.41, 5.74) is 3.77. The average molecular weight is 518 g/mol. The maximum Gasteiger partial charge on any atom is 0.259 e. The number of rotatable bonds is 7. The number of fused-ring (bicyclic) bond motifs is 5. The van der Waals surface area contributed by atoms with E-state index in [1.807, 2.05) is 54.1 Å². The quantitative estimate of drug-likeness (QED) is 0.345. The molecule has 2 amide bonds. The average Bonchev–Trinajstić information content (AvgIpc) is 3.57. The van der Waals surface area contributed by atoms with Crippen LogP contribution in [0.3, 0.4) is 0 Å². The molecule has 1 aromatic heterocycles. The fraction of sp³-hybridized carbons (Fsp3) is 0.310. The molecule has 7 nitrogen and oxygen atoms in total. The summed E-state index contributed by atoms with van der Waals surface area (Å²) in [7, 11) is 1.94. The highest BCUT2D eigenvalue weighted by Crippen LogP contribution is 2.42. The summed E-state index contributed by atoms with van der Waals surface area (Å²) in [6, 6.07) is 15.0. The smallest absolute Gasteiger partial charge is 0.259 e. The van der Waals surface area contributed by atoms with E-state index in [4.69, 9.17) is 16.3 Å². The fourth-order valence-electron chi connectivity index (χ4n) is 5.68. The molecule has 0 bridgehead atoms. The summed E-state index contributed by atoms with van der Waals surface area (Å²) in [4.78, 5) is 28.2. The van der Waals surface area contributed by atoms with Crippen molar-refractivity contribution in [3.05, 3.63) is 64.7 Å². The van der Waals surface area contributed by atoms with Crippen LogP contribution in [-0.2, 0) is 7.05 Å². The Morgan fingerprint density at radius 2 is 1.76 bits per heavy atom. The standard InChI is InChI=1S/C29H28ClN3O4/c1-32-23-14-18(37-13-10-17(34)16-33-11-4-5-12-33)8-9-20(23)25-24(32)15-21(19-6-2-3-7-22(19)30)26-27(25)29(36)31-28(26)35/h2-3,6-9,14-15,17,34H,4-5,10-13,16H2,1H3,(H,31,35,36). The van der Waals surface area contributed by atoms with Crippen molar-refractivity contribution in [2.24, 2.45) is 7.05 Å². The number of nitrogens with one attached hydrogen (secondary N) is 1. The van der Waals surface area contributed by atoms with Gasteiger partial charge in [0.15, 0.2) is 0 Å². The van der Waals surface area contributed by atoms with Gasteiger partial charge in [0.05, 0.1) is 34.9 Å². The largest absolute Gasteiger partial charge is 0.493 e. The van der Waals surface area contributed by atoms with Crippen molar-refractivity contribution in [3.8, 4) is 16.9 Å². The molecule has 37 heavy (non-hydrogen) atoms. The molecule has 1 unspecified atom stereocenters. The van der Waals surface area contributed by atoms with Crippen LogP contribution in [0, 0.1) is 0 Å². The molecule has 0 aliphatic carbocycles. The van der Waals surface area contributed by atoms with E-state index in [2.05, 4.69) is 10.2 Å². The minimum Gasteiger partial charge on any atom is -0.493 e. The summed E-state index contributed by atoms with van der Waals surface area (Å²) >= 11 is 6.49. The minimum absolute atomic E-state index is 0.352. The van der Waals surface area contributed by atoms with E-state index < -0.39 is 17.9 Å². The number of aryl methyl sites for hydroxylation is 1. The molecule has 0 radical (unpaired) electrons. The third kappa shape index (κ3) is 4.17. The van der Waals surface area contributed by atoms with Crippen LogP contribution < -0.4 is 10.1 Å². The lowest BCUT2D eigenvalue weighted by Gasteiger charge is -2.19. The van der Waals surface area contributed by atoms with E-state index >= 15 is 0 Å². The molecule has 3 aromatic carbocycles. The van der Waals surface area contributed by atoms with E-state index in [0.29, 0.717) is 52.6 Å². The number of halogens is 1. The Morgan fingerprint density at radius 1 is 1.00 bits per heavy atom. The van der Waals surface area contributed by atoms with Crippen molar-refractivity contribution < 1.29 is 19.4 Å². The summed E-state index contributed by atoms with van der Waals surface area (Å²) in [6.45, 7) is 3.21. The van der Waals surface area contributed by atoms with Gasteiger partial charge in [0, 0.05) is 47.4 Å². The third-order valence-electron chi connectivity index (χ3n) is 7.50. The number of aromatic nitrogens is 1. The van der Waals surface area contributed by atoms with Crippen LogP contribution in [-0.4, -0.2) is 58.7 Å². The summed E-state index contributed by atoms with van der Waals surface area (Å²) in [5.74, 6) is -0.129. The Kier molecular flexibility index (Phi) is 6.15. The van der Waals surface area contributed by atoms with Gasteiger partial charge in [-0.05, 0) is 55.8 Å². The van der Waals surface area contributed by atoms with Crippen LogP contribution in [0.1, 0.15) is 40.0 Å². The predicted octanol–water partition coefficient (Wildman–Crippen LogP) is 4.76. The van der Waals surface area contributed by atoms with Crippen LogP contribution in [0.15, 0.2) is 48.5 Å². The topological polar surface area (TPSA) is 83.8 Å². The Bertz CT molecular complexity index is 1550. The van der Waals surface area contributed by atoms with Crippen LogP contribution >= 0.6 is 11.6 Å². The molecule has 1 saturated heterocycles. The number of aliphatic hydroxyl groups is 1. The number of carbonyl (C=O) groups excluding carboxylic acids is 2. The first-order valence-corrected chi connectivity index (χ1v) is 13.0. The highest BCUT2D eigenvalue weighted by molar-refractivity contribution is 6.36. The molecule has 4 aromatic rings. The van der Waals surface area contributed by atoms with Crippen molar-refractivity contribution in [2.45, 2.75) is 25.4 Å². The predicted molar refractivity (Wildman–Crippen MR) is 144 cm³/mol. The van der Waals surface area contributed by atoms with Gasteiger partial charge in [-0.15, -0.1) is 0 Å². The fourth-order valence-corrected chi connectivity index (χ4v) is 5.91. The van der Waals surface area contributed by atoms with Gasteiger partial charge in [0.1, 0.15) is 5.75 Å². The lowest BCUT2D eigenvalue weighted by atomic mass is 9.93. The molecule has 3 heterocycles. The van der Waals surface area contributed by atoms with Gasteiger partial charge in [-0.2, -0.15) is 0 Å². The van der Waals surface area contributed by atoms with Gasteiger partial charge in [-0.25, -0.2) is 0 Å². The number of likely N-dealkylation sites (tertiary alicyclic amines) is 1. The monoisotopic (exact) mass is 517 g/mol.